The fourth-order valence-electron chi connectivity index (χ4n) is 4.84. The van der Waals surface area contributed by atoms with Crippen LogP contribution in [-0.4, -0.2) is 30.1 Å². The molecule has 3 rings (SSSR count). The zero-order valence-electron chi connectivity index (χ0n) is 12.0. The van der Waals surface area contributed by atoms with Crippen molar-refractivity contribution >= 4 is 0 Å². The van der Waals surface area contributed by atoms with E-state index in [2.05, 4.69) is 11.8 Å². The summed E-state index contributed by atoms with van der Waals surface area (Å²) < 4.78 is 0. The second kappa shape index (κ2) is 5.13. The highest BCUT2D eigenvalue weighted by Gasteiger charge is 2.45. The van der Waals surface area contributed by atoms with Gasteiger partial charge in [-0.25, -0.2) is 0 Å². The minimum atomic E-state index is 0.370. The van der Waals surface area contributed by atoms with Crippen molar-refractivity contribution in [2.75, 3.05) is 19.6 Å². The van der Waals surface area contributed by atoms with Crippen LogP contribution in [0.1, 0.15) is 58.3 Å². The van der Waals surface area contributed by atoms with Crippen LogP contribution in [0.5, 0.6) is 0 Å². The van der Waals surface area contributed by atoms with Crippen molar-refractivity contribution in [3.05, 3.63) is 0 Å². The van der Waals surface area contributed by atoms with Crippen LogP contribution < -0.4 is 5.73 Å². The summed E-state index contributed by atoms with van der Waals surface area (Å²) >= 11 is 0. The second-order valence-corrected chi connectivity index (χ2v) is 7.32. The van der Waals surface area contributed by atoms with Crippen LogP contribution >= 0.6 is 0 Å². The molecule has 0 bridgehead atoms. The van der Waals surface area contributed by atoms with Crippen molar-refractivity contribution in [1.29, 1.82) is 0 Å². The highest BCUT2D eigenvalue weighted by molar-refractivity contribution is 5.00. The maximum atomic E-state index is 6.24. The van der Waals surface area contributed by atoms with Crippen molar-refractivity contribution in [1.82, 2.24) is 4.90 Å². The lowest BCUT2D eigenvalue weighted by Gasteiger charge is -2.41. The van der Waals surface area contributed by atoms with Crippen molar-refractivity contribution in [2.45, 2.75) is 63.8 Å². The number of nitrogens with two attached hydrogens (primary N) is 1. The summed E-state index contributed by atoms with van der Waals surface area (Å²) in [7, 11) is 0. The molecule has 18 heavy (non-hydrogen) atoms. The maximum absolute atomic E-state index is 6.24. The first-order valence-corrected chi connectivity index (χ1v) is 8.19. The largest absolute Gasteiger partial charge is 0.329 e. The Kier molecular flexibility index (Phi) is 3.68. The molecule has 0 amide bonds. The number of likely N-dealkylation sites (tertiary alicyclic amines) is 1. The Bertz CT molecular complexity index is 279. The number of hydrogen-bond acceptors (Lipinski definition) is 2. The summed E-state index contributed by atoms with van der Waals surface area (Å²) in [5.41, 5.74) is 6.61. The molecule has 3 aliphatic rings. The van der Waals surface area contributed by atoms with Crippen molar-refractivity contribution in [3.63, 3.8) is 0 Å². The zero-order chi connectivity index (χ0) is 12.6. The highest BCUT2D eigenvalue weighted by Crippen LogP contribution is 2.43. The lowest BCUT2D eigenvalue weighted by Crippen LogP contribution is -2.53. The standard InChI is InChI=1S/C16H30N2/c1-13-4-3-8-16(12-17,9-7-13)18-10-14-5-2-6-15(14)11-18/h13-15H,2-12,17H2,1H3. The van der Waals surface area contributed by atoms with E-state index in [1.54, 1.807) is 0 Å². The summed E-state index contributed by atoms with van der Waals surface area (Å²) in [4.78, 5) is 2.82. The summed E-state index contributed by atoms with van der Waals surface area (Å²) in [5.74, 6) is 2.93. The first kappa shape index (κ1) is 12.9. The molecule has 4 atom stereocenters. The number of rotatable bonds is 2. The Morgan fingerprint density at radius 3 is 2.39 bits per heavy atom. The van der Waals surface area contributed by atoms with E-state index in [-0.39, 0.29) is 0 Å². The van der Waals surface area contributed by atoms with E-state index in [1.807, 2.05) is 0 Å². The molecule has 104 valence electrons. The molecular formula is C16H30N2. The monoisotopic (exact) mass is 250 g/mol. The Balaban J connectivity index is 1.71. The molecule has 3 fully saturated rings. The van der Waals surface area contributed by atoms with E-state index in [4.69, 9.17) is 5.73 Å². The van der Waals surface area contributed by atoms with Gasteiger partial charge < -0.3 is 5.73 Å². The SMILES string of the molecule is CC1CCCC(CN)(N2CC3CCCC3C2)CC1. The van der Waals surface area contributed by atoms with Crippen LogP contribution in [0, 0.1) is 17.8 Å². The van der Waals surface area contributed by atoms with E-state index in [1.165, 1.54) is 64.5 Å². The average Bonchev–Trinajstić information content (AvgIpc) is 2.89. The van der Waals surface area contributed by atoms with Crippen molar-refractivity contribution < 1.29 is 0 Å². The number of fused-ring (bicyclic) bond motifs is 1. The Hall–Kier alpha value is -0.0800. The number of hydrogen-bond donors (Lipinski definition) is 1. The Morgan fingerprint density at radius 1 is 1.00 bits per heavy atom. The summed E-state index contributed by atoms with van der Waals surface area (Å²) in [6.45, 7) is 6.02. The smallest absolute Gasteiger partial charge is 0.0332 e. The van der Waals surface area contributed by atoms with Crippen molar-refractivity contribution in [2.24, 2.45) is 23.5 Å². The lowest BCUT2D eigenvalue weighted by molar-refractivity contribution is 0.0947. The van der Waals surface area contributed by atoms with Gasteiger partial charge in [0.2, 0.25) is 0 Å². The molecule has 2 aliphatic carbocycles. The van der Waals surface area contributed by atoms with Crippen LogP contribution in [0.2, 0.25) is 0 Å². The minimum absolute atomic E-state index is 0.370. The molecule has 1 heterocycles. The second-order valence-electron chi connectivity index (χ2n) is 7.32. The van der Waals surface area contributed by atoms with Crippen molar-refractivity contribution in [3.8, 4) is 0 Å². The van der Waals surface area contributed by atoms with Gasteiger partial charge in [-0.1, -0.05) is 26.2 Å². The van der Waals surface area contributed by atoms with Gasteiger partial charge in [0.1, 0.15) is 0 Å². The maximum Gasteiger partial charge on any atom is 0.0332 e. The van der Waals surface area contributed by atoms with Gasteiger partial charge in [-0.05, 0) is 49.9 Å². The molecule has 0 aromatic rings. The lowest BCUT2D eigenvalue weighted by atomic mass is 9.87. The molecule has 2 N–H and O–H groups in total. The van der Waals surface area contributed by atoms with Gasteiger partial charge in [0.15, 0.2) is 0 Å². The molecule has 0 aromatic heterocycles. The third-order valence-corrected chi connectivity index (χ3v) is 6.22. The molecule has 2 nitrogen and oxygen atoms in total. The summed E-state index contributed by atoms with van der Waals surface area (Å²) in [6, 6.07) is 0. The molecular weight excluding hydrogens is 220 g/mol. The minimum Gasteiger partial charge on any atom is -0.329 e. The molecule has 2 saturated carbocycles. The van der Waals surface area contributed by atoms with Crippen LogP contribution in [0.25, 0.3) is 0 Å². The van der Waals surface area contributed by atoms with E-state index in [9.17, 15) is 0 Å². The molecule has 1 aliphatic heterocycles. The quantitative estimate of drug-likeness (QED) is 0.763. The fraction of sp³-hybridized carbons (Fsp3) is 1.00. The Morgan fingerprint density at radius 2 is 1.72 bits per heavy atom. The topological polar surface area (TPSA) is 29.3 Å². The predicted octanol–water partition coefficient (Wildman–Crippen LogP) is 3.02. The molecule has 4 unspecified atom stereocenters. The molecule has 0 radical (unpaired) electrons. The van der Waals surface area contributed by atoms with Crippen LogP contribution in [-0.2, 0) is 0 Å². The number of nitrogens with zero attached hydrogens (tertiary/aromatic N) is 1. The van der Waals surface area contributed by atoms with Gasteiger partial charge in [0, 0.05) is 25.2 Å². The zero-order valence-corrected chi connectivity index (χ0v) is 12.0. The van der Waals surface area contributed by atoms with Gasteiger partial charge in [-0.15, -0.1) is 0 Å². The van der Waals surface area contributed by atoms with Crippen LogP contribution in [0.15, 0.2) is 0 Å². The third kappa shape index (κ3) is 2.22. The van der Waals surface area contributed by atoms with E-state index in [0.717, 1.165) is 24.3 Å². The average molecular weight is 250 g/mol. The summed E-state index contributed by atoms with van der Waals surface area (Å²) in [5, 5.41) is 0. The van der Waals surface area contributed by atoms with Gasteiger partial charge in [-0.3, -0.25) is 4.90 Å². The molecule has 1 saturated heterocycles. The molecule has 0 aromatic carbocycles. The highest BCUT2D eigenvalue weighted by atomic mass is 15.2. The van der Waals surface area contributed by atoms with Gasteiger partial charge in [-0.2, -0.15) is 0 Å². The fourth-order valence-corrected chi connectivity index (χ4v) is 4.84. The van der Waals surface area contributed by atoms with E-state index >= 15 is 0 Å². The Labute approximate surface area is 112 Å². The van der Waals surface area contributed by atoms with Gasteiger partial charge in [0.25, 0.3) is 0 Å². The van der Waals surface area contributed by atoms with Gasteiger partial charge in [0.05, 0.1) is 0 Å². The normalized spacial score (nSPS) is 46.0. The third-order valence-electron chi connectivity index (χ3n) is 6.22. The first-order chi connectivity index (χ1) is 8.73. The molecule has 0 spiro atoms. The van der Waals surface area contributed by atoms with Crippen LogP contribution in [0.3, 0.4) is 0 Å². The van der Waals surface area contributed by atoms with Gasteiger partial charge >= 0.3 is 0 Å². The summed E-state index contributed by atoms with van der Waals surface area (Å²) in [6.07, 6.45) is 11.4. The predicted molar refractivity (Wildman–Crippen MR) is 76.4 cm³/mol. The van der Waals surface area contributed by atoms with E-state index in [0.29, 0.717) is 5.54 Å². The first-order valence-electron chi connectivity index (χ1n) is 8.19. The van der Waals surface area contributed by atoms with E-state index < -0.39 is 0 Å². The molecule has 2 heteroatoms. The van der Waals surface area contributed by atoms with Crippen LogP contribution in [0.4, 0.5) is 0 Å².